The standard InChI is InChI=1S/C41H26/c1-41(2)34-21-28(30-17-13-27-10-9-23-5-3-7-25-14-18-31(30)38(27)36(23)25)16-19-32(34)40-33-20-15-26-8-4-6-24-11-12-29(22-35(40)41)39(33)37(24)26/h3-22H,1-2H3. The lowest BCUT2D eigenvalue weighted by atomic mass is 9.80. The van der Waals surface area contributed by atoms with E-state index in [0.717, 1.165) is 0 Å². The van der Waals surface area contributed by atoms with Gasteiger partial charge in [0.05, 0.1) is 0 Å². The fraction of sp³-hybridized carbons (Fsp3) is 0.0732. The summed E-state index contributed by atoms with van der Waals surface area (Å²) in [5.41, 5.74) is 8.17. The highest BCUT2D eigenvalue weighted by Gasteiger charge is 2.37. The Hall–Kier alpha value is -4.94. The molecule has 0 saturated carbocycles. The normalized spacial score (nSPS) is 14.3. The van der Waals surface area contributed by atoms with Crippen LogP contribution in [0, 0.1) is 0 Å². The first kappa shape index (κ1) is 21.8. The second kappa shape index (κ2) is 7.22. The summed E-state index contributed by atoms with van der Waals surface area (Å²) in [6.07, 6.45) is 0. The van der Waals surface area contributed by atoms with E-state index in [1.807, 2.05) is 0 Å². The molecule has 1 aliphatic carbocycles. The molecular formula is C41H26. The number of hydrogen-bond donors (Lipinski definition) is 0. The highest BCUT2D eigenvalue weighted by atomic mass is 14.4. The molecule has 0 spiro atoms. The van der Waals surface area contributed by atoms with Gasteiger partial charge in [-0.1, -0.05) is 123 Å². The maximum absolute atomic E-state index is 2.48. The summed E-state index contributed by atoms with van der Waals surface area (Å²) in [6, 6.07) is 46.1. The van der Waals surface area contributed by atoms with Crippen molar-refractivity contribution in [3.05, 3.63) is 132 Å². The zero-order valence-corrected chi connectivity index (χ0v) is 23.0. The molecule has 10 rings (SSSR count). The maximum Gasteiger partial charge on any atom is 0.0159 e. The van der Waals surface area contributed by atoms with E-state index in [0.29, 0.717) is 0 Å². The second-order valence-corrected chi connectivity index (χ2v) is 12.5. The van der Waals surface area contributed by atoms with E-state index in [1.165, 1.54) is 98.0 Å². The predicted molar refractivity (Wildman–Crippen MR) is 177 cm³/mol. The topological polar surface area (TPSA) is 0 Å². The van der Waals surface area contributed by atoms with Crippen LogP contribution in [0.25, 0.3) is 86.9 Å². The van der Waals surface area contributed by atoms with Crippen LogP contribution in [0.4, 0.5) is 0 Å². The maximum atomic E-state index is 2.48. The Bertz CT molecular complexity index is 2510. The van der Waals surface area contributed by atoms with E-state index in [2.05, 4.69) is 135 Å². The molecule has 0 fully saturated rings. The van der Waals surface area contributed by atoms with Gasteiger partial charge in [0.15, 0.2) is 0 Å². The average molecular weight is 519 g/mol. The average Bonchev–Trinajstić information content (AvgIpc) is 3.24. The van der Waals surface area contributed by atoms with Gasteiger partial charge in [0, 0.05) is 5.41 Å². The van der Waals surface area contributed by atoms with Crippen molar-refractivity contribution < 1.29 is 0 Å². The minimum absolute atomic E-state index is 0.0884. The van der Waals surface area contributed by atoms with E-state index < -0.39 is 0 Å². The fourth-order valence-electron chi connectivity index (χ4n) is 8.17. The van der Waals surface area contributed by atoms with Gasteiger partial charge in [0.2, 0.25) is 0 Å². The predicted octanol–water partition coefficient (Wildman–Crippen LogP) is 11.5. The first-order valence-corrected chi connectivity index (χ1v) is 14.6. The summed E-state index contributed by atoms with van der Waals surface area (Å²) in [5, 5.41) is 16.2. The van der Waals surface area contributed by atoms with Crippen LogP contribution in [0.15, 0.2) is 121 Å². The van der Waals surface area contributed by atoms with Gasteiger partial charge in [0.1, 0.15) is 0 Å². The Labute approximate surface area is 238 Å². The van der Waals surface area contributed by atoms with Crippen molar-refractivity contribution in [2.24, 2.45) is 0 Å². The molecule has 1 aliphatic rings. The van der Waals surface area contributed by atoms with Gasteiger partial charge in [-0.2, -0.15) is 0 Å². The quantitative estimate of drug-likeness (QED) is 0.190. The Kier molecular flexibility index (Phi) is 3.84. The molecule has 0 aromatic heterocycles. The summed E-state index contributed by atoms with van der Waals surface area (Å²) in [6.45, 7) is 4.81. The van der Waals surface area contributed by atoms with E-state index in [1.54, 1.807) is 0 Å². The molecule has 0 bridgehead atoms. The third-order valence-corrected chi connectivity index (χ3v) is 10.1. The molecular weight excluding hydrogens is 492 g/mol. The van der Waals surface area contributed by atoms with Crippen molar-refractivity contribution in [1.82, 2.24) is 0 Å². The molecule has 41 heavy (non-hydrogen) atoms. The van der Waals surface area contributed by atoms with Crippen LogP contribution in [0.1, 0.15) is 25.0 Å². The van der Waals surface area contributed by atoms with E-state index in [9.17, 15) is 0 Å². The minimum Gasteiger partial charge on any atom is -0.0610 e. The van der Waals surface area contributed by atoms with E-state index in [-0.39, 0.29) is 5.41 Å². The summed E-state index contributed by atoms with van der Waals surface area (Å²) in [7, 11) is 0. The molecule has 0 radical (unpaired) electrons. The van der Waals surface area contributed by atoms with Crippen LogP contribution in [0.2, 0.25) is 0 Å². The van der Waals surface area contributed by atoms with Crippen molar-refractivity contribution in [2.45, 2.75) is 19.3 Å². The number of hydrogen-bond acceptors (Lipinski definition) is 0. The summed E-state index contributed by atoms with van der Waals surface area (Å²) in [5.74, 6) is 0. The molecule has 0 amide bonds. The fourth-order valence-corrected chi connectivity index (χ4v) is 8.17. The van der Waals surface area contributed by atoms with Crippen LogP contribution in [0.5, 0.6) is 0 Å². The molecule has 0 heterocycles. The highest BCUT2D eigenvalue weighted by molar-refractivity contribution is 6.27. The van der Waals surface area contributed by atoms with Gasteiger partial charge < -0.3 is 0 Å². The zero-order valence-electron chi connectivity index (χ0n) is 23.0. The molecule has 190 valence electrons. The monoisotopic (exact) mass is 518 g/mol. The van der Waals surface area contributed by atoms with Gasteiger partial charge >= 0.3 is 0 Å². The molecule has 0 N–H and O–H groups in total. The van der Waals surface area contributed by atoms with E-state index in [4.69, 9.17) is 0 Å². The Balaban J connectivity index is 1.26. The van der Waals surface area contributed by atoms with Crippen molar-refractivity contribution >= 4 is 64.6 Å². The van der Waals surface area contributed by atoms with Crippen molar-refractivity contribution in [1.29, 1.82) is 0 Å². The van der Waals surface area contributed by atoms with Gasteiger partial charge in [-0.05, 0) is 110 Å². The van der Waals surface area contributed by atoms with Crippen molar-refractivity contribution in [2.75, 3.05) is 0 Å². The molecule has 0 heteroatoms. The first-order valence-electron chi connectivity index (χ1n) is 14.6. The van der Waals surface area contributed by atoms with Gasteiger partial charge in [-0.25, -0.2) is 0 Å². The van der Waals surface area contributed by atoms with Crippen LogP contribution < -0.4 is 0 Å². The lowest BCUT2D eigenvalue weighted by molar-refractivity contribution is 0.661. The molecule has 0 nitrogen and oxygen atoms in total. The SMILES string of the molecule is CC1(C)c2cc(-c3ccc4ccc5cccc6ccc3c4c56)ccc2-c2c1cc1ccc3cccc4ccc2c1c34. The summed E-state index contributed by atoms with van der Waals surface area (Å²) >= 11 is 0. The molecule has 9 aromatic rings. The van der Waals surface area contributed by atoms with Crippen molar-refractivity contribution in [3.63, 3.8) is 0 Å². The van der Waals surface area contributed by atoms with Crippen LogP contribution in [-0.4, -0.2) is 0 Å². The number of rotatable bonds is 1. The second-order valence-electron chi connectivity index (χ2n) is 12.5. The van der Waals surface area contributed by atoms with Gasteiger partial charge in [-0.3, -0.25) is 0 Å². The van der Waals surface area contributed by atoms with Crippen LogP contribution in [-0.2, 0) is 5.41 Å². The third kappa shape index (κ3) is 2.61. The Morgan fingerprint density at radius 1 is 0.390 bits per heavy atom. The molecule has 0 saturated heterocycles. The number of benzene rings is 9. The van der Waals surface area contributed by atoms with Crippen LogP contribution >= 0.6 is 0 Å². The first-order chi connectivity index (χ1) is 20.1. The van der Waals surface area contributed by atoms with Gasteiger partial charge in [-0.15, -0.1) is 0 Å². The Morgan fingerprint density at radius 3 is 1.59 bits per heavy atom. The molecule has 0 atom stereocenters. The lowest BCUT2D eigenvalue weighted by Crippen LogP contribution is -2.15. The smallest absolute Gasteiger partial charge is 0.0159 e. The largest absolute Gasteiger partial charge is 0.0610 e. The third-order valence-electron chi connectivity index (χ3n) is 10.1. The van der Waals surface area contributed by atoms with Crippen LogP contribution in [0.3, 0.4) is 0 Å². The van der Waals surface area contributed by atoms with E-state index >= 15 is 0 Å². The summed E-state index contributed by atoms with van der Waals surface area (Å²) in [4.78, 5) is 0. The Morgan fingerprint density at radius 2 is 0.902 bits per heavy atom. The highest BCUT2D eigenvalue weighted by Crippen LogP contribution is 2.54. The lowest BCUT2D eigenvalue weighted by Gasteiger charge is -2.23. The van der Waals surface area contributed by atoms with Crippen molar-refractivity contribution in [3.8, 4) is 22.3 Å². The molecule has 9 aromatic carbocycles. The zero-order chi connectivity index (χ0) is 27.0. The minimum atomic E-state index is -0.0884. The molecule has 0 aliphatic heterocycles. The summed E-state index contributed by atoms with van der Waals surface area (Å²) < 4.78 is 0. The number of fused-ring (bicyclic) bond motifs is 4. The van der Waals surface area contributed by atoms with Gasteiger partial charge in [0.25, 0.3) is 0 Å². The molecule has 0 unspecified atom stereocenters.